The monoisotopic (exact) mass is 236 g/mol. The van der Waals surface area contributed by atoms with Crippen molar-refractivity contribution in [2.24, 2.45) is 11.5 Å². The van der Waals surface area contributed by atoms with Crippen LogP contribution in [0.3, 0.4) is 0 Å². The summed E-state index contributed by atoms with van der Waals surface area (Å²) in [6.07, 6.45) is -4.69. The lowest BCUT2D eigenvalue weighted by Gasteiger charge is -2.05. The van der Waals surface area contributed by atoms with Crippen LogP contribution in [-0.2, 0) is 0 Å². The third-order valence-electron chi connectivity index (χ3n) is 1.64. The summed E-state index contributed by atoms with van der Waals surface area (Å²) in [7, 11) is 0. The Balaban J connectivity index is 0.000000325. The van der Waals surface area contributed by atoms with Gasteiger partial charge in [0.2, 0.25) is 0 Å². The van der Waals surface area contributed by atoms with Gasteiger partial charge in [0.15, 0.2) is 0 Å². The van der Waals surface area contributed by atoms with Gasteiger partial charge in [-0.15, -0.1) is 0 Å². The standard InChI is InChI=1S/C8H11NO.C2H4F3N/c9-6-8(10)7-4-2-1-3-5-7;3-2(4,5)1-6/h1-5,8,10H,6,9H2;1,6H2. The van der Waals surface area contributed by atoms with Gasteiger partial charge in [-0.25, -0.2) is 0 Å². The summed E-state index contributed by atoms with van der Waals surface area (Å²) >= 11 is 0. The first-order valence-corrected chi connectivity index (χ1v) is 4.60. The van der Waals surface area contributed by atoms with Gasteiger partial charge in [0.05, 0.1) is 12.6 Å². The Hall–Kier alpha value is -1.11. The third-order valence-corrected chi connectivity index (χ3v) is 1.64. The zero-order valence-corrected chi connectivity index (χ0v) is 8.61. The fourth-order valence-electron chi connectivity index (χ4n) is 0.811. The summed E-state index contributed by atoms with van der Waals surface area (Å²) in [6, 6.07) is 9.39. The third kappa shape index (κ3) is 7.22. The van der Waals surface area contributed by atoms with Crippen LogP contribution >= 0.6 is 0 Å². The Bertz CT molecular complexity index is 277. The SMILES string of the molecule is NCC(F)(F)F.NCC(O)c1ccccc1. The fraction of sp³-hybridized carbons (Fsp3) is 0.400. The number of benzene rings is 1. The molecule has 1 aromatic carbocycles. The van der Waals surface area contributed by atoms with E-state index in [2.05, 4.69) is 5.73 Å². The van der Waals surface area contributed by atoms with Crippen molar-refractivity contribution in [3.05, 3.63) is 35.9 Å². The van der Waals surface area contributed by atoms with Crippen molar-refractivity contribution in [2.75, 3.05) is 13.1 Å². The van der Waals surface area contributed by atoms with Gasteiger partial charge in [-0.05, 0) is 5.56 Å². The highest BCUT2D eigenvalue weighted by Gasteiger charge is 2.23. The van der Waals surface area contributed by atoms with Crippen LogP contribution in [0.25, 0.3) is 0 Å². The molecule has 0 saturated heterocycles. The molecule has 1 aromatic rings. The van der Waals surface area contributed by atoms with Crippen molar-refractivity contribution in [1.29, 1.82) is 0 Å². The molecule has 0 saturated carbocycles. The summed E-state index contributed by atoms with van der Waals surface area (Å²) in [5.41, 5.74) is 10.3. The maximum absolute atomic E-state index is 10.7. The van der Waals surface area contributed by atoms with Gasteiger partial charge < -0.3 is 16.6 Å². The van der Waals surface area contributed by atoms with E-state index in [1.807, 2.05) is 30.3 Å². The summed E-state index contributed by atoms with van der Waals surface area (Å²) in [5.74, 6) is 0. The Labute approximate surface area is 91.9 Å². The van der Waals surface area contributed by atoms with Crippen LogP contribution in [0.5, 0.6) is 0 Å². The molecule has 0 aliphatic carbocycles. The fourth-order valence-corrected chi connectivity index (χ4v) is 0.811. The second kappa shape index (κ2) is 7.21. The maximum Gasteiger partial charge on any atom is 0.400 e. The largest absolute Gasteiger partial charge is 0.400 e. The minimum absolute atomic E-state index is 0.282. The van der Waals surface area contributed by atoms with Crippen molar-refractivity contribution in [3.63, 3.8) is 0 Å². The van der Waals surface area contributed by atoms with Gasteiger partial charge in [-0.3, -0.25) is 0 Å². The van der Waals surface area contributed by atoms with Crippen LogP contribution in [0.1, 0.15) is 11.7 Å². The van der Waals surface area contributed by atoms with Crippen LogP contribution < -0.4 is 11.5 Å². The molecular weight excluding hydrogens is 221 g/mol. The predicted molar refractivity (Wildman–Crippen MR) is 55.6 cm³/mol. The molecule has 1 atom stereocenters. The van der Waals surface area contributed by atoms with E-state index < -0.39 is 18.8 Å². The molecule has 16 heavy (non-hydrogen) atoms. The number of aliphatic hydroxyl groups excluding tert-OH is 1. The molecular formula is C10H15F3N2O. The van der Waals surface area contributed by atoms with Crippen molar-refractivity contribution >= 4 is 0 Å². The number of hydrogen-bond acceptors (Lipinski definition) is 3. The molecule has 0 aromatic heterocycles. The second-order valence-corrected chi connectivity index (χ2v) is 2.98. The molecule has 0 heterocycles. The molecule has 0 bridgehead atoms. The van der Waals surface area contributed by atoms with E-state index in [9.17, 15) is 18.3 Å². The molecule has 0 aliphatic heterocycles. The van der Waals surface area contributed by atoms with Crippen LogP contribution in [0.15, 0.2) is 30.3 Å². The van der Waals surface area contributed by atoms with E-state index in [4.69, 9.17) is 5.73 Å². The highest BCUT2D eigenvalue weighted by molar-refractivity contribution is 5.17. The summed E-state index contributed by atoms with van der Waals surface area (Å²) in [4.78, 5) is 0. The highest BCUT2D eigenvalue weighted by atomic mass is 19.4. The first-order chi connectivity index (χ1) is 7.40. The zero-order valence-electron chi connectivity index (χ0n) is 8.61. The smallest absolute Gasteiger partial charge is 0.387 e. The minimum Gasteiger partial charge on any atom is -0.387 e. The van der Waals surface area contributed by atoms with Crippen molar-refractivity contribution in [1.82, 2.24) is 0 Å². The lowest BCUT2D eigenvalue weighted by Crippen LogP contribution is -2.21. The van der Waals surface area contributed by atoms with Crippen LogP contribution in [0.2, 0.25) is 0 Å². The quantitative estimate of drug-likeness (QED) is 0.722. The average Bonchev–Trinajstić information content (AvgIpc) is 2.29. The molecule has 0 radical (unpaired) electrons. The molecule has 0 aliphatic rings. The second-order valence-electron chi connectivity index (χ2n) is 2.98. The molecule has 1 rings (SSSR count). The highest BCUT2D eigenvalue weighted by Crippen LogP contribution is 2.10. The zero-order chi connectivity index (χ0) is 12.6. The van der Waals surface area contributed by atoms with E-state index >= 15 is 0 Å². The van der Waals surface area contributed by atoms with Crippen molar-refractivity contribution < 1.29 is 18.3 Å². The Morgan fingerprint density at radius 3 is 1.88 bits per heavy atom. The first kappa shape index (κ1) is 14.9. The molecule has 92 valence electrons. The molecule has 0 spiro atoms. The summed E-state index contributed by atoms with van der Waals surface area (Å²) < 4.78 is 32.0. The van der Waals surface area contributed by atoms with Crippen LogP contribution in [0.4, 0.5) is 13.2 Å². The first-order valence-electron chi connectivity index (χ1n) is 4.60. The molecule has 6 heteroatoms. The van der Waals surface area contributed by atoms with E-state index in [-0.39, 0.29) is 6.54 Å². The van der Waals surface area contributed by atoms with E-state index in [0.717, 1.165) is 5.56 Å². The Morgan fingerprint density at radius 1 is 1.12 bits per heavy atom. The lowest BCUT2D eigenvalue weighted by molar-refractivity contribution is -0.118. The topological polar surface area (TPSA) is 72.3 Å². The number of rotatable bonds is 2. The molecule has 0 fully saturated rings. The number of halogens is 3. The van der Waals surface area contributed by atoms with Crippen LogP contribution in [0, 0.1) is 0 Å². The molecule has 0 amide bonds. The van der Waals surface area contributed by atoms with E-state index in [1.54, 1.807) is 0 Å². The van der Waals surface area contributed by atoms with Crippen molar-refractivity contribution in [3.8, 4) is 0 Å². The number of alkyl halides is 3. The van der Waals surface area contributed by atoms with Gasteiger partial charge in [0.25, 0.3) is 0 Å². The van der Waals surface area contributed by atoms with Gasteiger partial charge in [0, 0.05) is 6.54 Å². The maximum atomic E-state index is 10.7. The lowest BCUT2D eigenvalue weighted by atomic mass is 10.1. The predicted octanol–water partition coefficient (Wildman–Crippen LogP) is 1.19. The van der Waals surface area contributed by atoms with Crippen molar-refractivity contribution in [2.45, 2.75) is 12.3 Å². The molecule has 5 N–H and O–H groups in total. The van der Waals surface area contributed by atoms with Crippen LogP contribution in [-0.4, -0.2) is 24.4 Å². The van der Waals surface area contributed by atoms with Gasteiger partial charge in [-0.1, -0.05) is 30.3 Å². The van der Waals surface area contributed by atoms with E-state index in [1.165, 1.54) is 0 Å². The Morgan fingerprint density at radius 2 is 1.56 bits per heavy atom. The summed E-state index contributed by atoms with van der Waals surface area (Å²) in [6.45, 7) is -0.947. The molecule has 1 unspecified atom stereocenters. The minimum atomic E-state index is -4.18. The Kier molecular flexibility index (Phi) is 6.71. The number of aliphatic hydroxyl groups is 1. The van der Waals surface area contributed by atoms with Gasteiger partial charge in [-0.2, -0.15) is 13.2 Å². The van der Waals surface area contributed by atoms with E-state index in [0.29, 0.717) is 0 Å². The van der Waals surface area contributed by atoms with Gasteiger partial charge >= 0.3 is 6.18 Å². The molecule has 3 nitrogen and oxygen atoms in total. The van der Waals surface area contributed by atoms with Gasteiger partial charge in [0.1, 0.15) is 0 Å². The summed E-state index contributed by atoms with van der Waals surface area (Å²) in [5, 5.41) is 9.20. The number of hydrogen-bond donors (Lipinski definition) is 3. The normalized spacial score (nSPS) is 12.6. The number of nitrogens with two attached hydrogens (primary N) is 2. The average molecular weight is 236 g/mol.